The highest BCUT2D eigenvalue weighted by Gasteiger charge is 2.33. The molecule has 0 radical (unpaired) electrons. The molecular formula is C26H33N3O2. The molecule has 0 amide bonds. The average molecular weight is 420 g/mol. The van der Waals surface area contributed by atoms with E-state index in [1.54, 1.807) is 0 Å². The van der Waals surface area contributed by atoms with Crippen molar-refractivity contribution in [2.75, 3.05) is 18.5 Å². The highest BCUT2D eigenvalue weighted by molar-refractivity contribution is 6.04. The number of hydrogen-bond acceptors (Lipinski definition) is 5. The first kappa shape index (κ1) is 21.4. The van der Waals surface area contributed by atoms with E-state index in [1.807, 2.05) is 36.4 Å². The molecule has 0 saturated heterocycles. The van der Waals surface area contributed by atoms with Crippen molar-refractivity contribution in [3.63, 3.8) is 0 Å². The fourth-order valence-corrected chi connectivity index (χ4v) is 3.63. The molecule has 0 unspecified atom stereocenters. The minimum Gasteiger partial charge on any atom is -0.475 e. The van der Waals surface area contributed by atoms with E-state index in [0.717, 1.165) is 22.5 Å². The second-order valence-electron chi connectivity index (χ2n) is 10.5. The van der Waals surface area contributed by atoms with Gasteiger partial charge in [0.2, 0.25) is 11.8 Å². The third kappa shape index (κ3) is 4.60. The van der Waals surface area contributed by atoms with Crippen LogP contribution in [-0.2, 0) is 9.47 Å². The number of nitrogens with zero attached hydrogens (tertiary/aromatic N) is 2. The van der Waals surface area contributed by atoms with Crippen molar-refractivity contribution in [2.45, 2.75) is 53.6 Å². The van der Waals surface area contributed by atoms with Gasteiger partial charge in [-0.2, -0.15) is 0 Å². The molecule has 0 bridgehead atoms. The average Bonchev–Trinajstić information content (AvgIpc) is 3.38. The third-order valence-corrected chi connectivity index (χ3v) is 5.89. The molecule has 2 aliphatic rings. The van der Waals surface area contributed by atoms with Crippen LogP contribution in [-0.4, -0.2) is 37.1 Å². The van der Waals surface area contributed by atoms with Crippen molar-refractivity contribution >= 4 is 23.2 Å². The second-order valence-corrected chi connectivity index (χ2v) is 10.5. The van der Waals surface area contributed by atoms with Crippen LogP contribution in [0.25, 0.3) is 0 Å². The van der Waals surface area contributed by atoms with Gasteiger partial charge in [-0.25, -0.2) is 9.98 Å². The number of benzene rings is 2. The zero-order valence-corrected chi connectivity index (χ0v) is 19.4. The van der Waals surface area contributed by atoms with Gasteiger partial charge in [-0.3, -0.25) is 0 Å². The van der Waals surface area contributed by atoms with Gasteiger partial charge in [0.1, 0.15) is 13.2 Å². The van der Waals surface area contributed by atoms with Crippen molar-refractivity contribution < 1.29 is 9.47 Å². The molecule has 0 saturated carbocycles. The van der Waals surface area contributed by atoms with E-state index in [1.165, 1.54) is 0 Å². The van der Waals surface area contributed by atoms with Gasteiger partial charge in [-0.1, -0.05) is 65.8 Å². The summed E-state index contributed by atoms with van der Waals surface area (Å²) in [6.07, 6.45) is 0. The van der Waals surface area contributed by atoms with Crippen molar-refractivity contribution in [3.05, 3.63) is 59.7 Å². The van der Waals surface area contributed by atoms with Crippen LogP contribution in [0.3, 0.4) is 0 Å². The van der Waals surface area contributed by atoms with Crippen molar-refractivity contribution in [1.82, 2.24) is 0 Å². The number of para-hydroxylation sites is 2. The summed E-state index contributed by atoms with van der Waals surface area (Å²) in [5.74, 6) is 1.39. The van der Waals surface area contributed by atoms with E-state index in [2.05, 4.69) is 59.0 Å². The molecule has 0 fully saturated rings. The summed E-state index contributed by atoms with van der Waals surface area (Å²) in [5, 5.41) is 3.58. The summed E-state index contributed by atoms with van der Waals surface area (Å²) in [4.78, 5) is 9.75. The van der Waals surface area contributed by atoms with Gasteiger partial charge in [-0.05, 0) is 35.1 Å². The molecule has 1 N–H and O–H groups in total. The fourth-order valence-electron chi connectivity index (χ4n) is 3.63. The first-order chi connectivity index (χ1) is 14.6. The molecule has 5 heteroatoms. The number of aliphatic imine (C=N–C) groups is 2. The smallest absolute Gasteiger partial charge is 0.218 e. The molecule has 0 aromatic heterocycles. The van der Waals surface area contributed by atoms with E-state index in [4.69, 9.17) is 19.5 Å². The highest BCUT2D eigenvalue weighted by atomic mass is 16.5. The Hall–Kier alpha value is -2.82. The van der Waals surface area contributed by atoms with E-state index >= 15 is 0 Å². The van der Waals surface area contributed by atoms with Gasteiger partial charge in [0.15, 0.2) is 0 Å². The van der Waals surface area contributed by atoms with E-state index in [9.17, 15) is 0 Å². The van der Waals surface area contributed by atoms with Gasteiger partial charge >= 0.3 is 0 Å². The Morgan fingerprint density at radius 2 is 1.06 bits per heavy atom. The SMILES string of the molecule is CC(C)(C)[C@H]1COC(c2ccccc2Nc2ccccc2C2=N[C@@H](C(C)(C)C)CO2)=N1. The predicted molar refractivity (Wildman–Crippen MR) is 128 cm³/mol. The Morgan fingerprint density at radius 3 is 1.42 bits per heavy atom. The van der Waals surface area contributed by atoms with Crippen LogP contribution < -0.4 is 5.32 Å². The van der Waals surface area contributed by atoms with Crippen molar-refractivity contribution in [3.8, 4) is 0 Å². The summed E-state index contributed by atoms with van der Waals surface area (Å²) < 4.78 is 12.0. The second kappa shape index (κ2) is 8.03. The lowest BCUT2D eigenvalue weighted by Crippen LogP contribution is -2.25. The zero-order valence-electron chi connectivity index (χ0n) is 19.4. The Labute approximate surface area is 185 Å². The van der Waals surface area contributed by atoms with Crippen LogP contribution in [0.1, 0.15) is 52.7 Å². The maximum Gasteiger partial charge on any atom is 0.218 e. The van der Waals surface area contributed by atoms with Crippen LogP contribution in [0.2, 0.25) is 0 Å². The van der Waals surface area contributed by atoms with E-state index in [0.29, 0.717) is 25.0 Å². The predicted octanol–water partition coefficient (Wildman–Crippen LogP) is 5.81. The monoisotopic (exact) mass is 419 g/mol. The molecule has 31 heavy (non-hydrogen) atoms. The Morgan fingerprint density at radius 1 is 0.677 bits per heavy atom. The summed E-state index contributed by atoms with van der Waals surface area (Å²) in [7, 11) is 0. The summed E-state index contributed by atoms with van der Waals surface area (Å²) >= 11 is 0. The lowest BCUT2D eigenvalue weighted by Gasteiger charge is -2.21. The largest absolute Gasteiger partial charge is 0.475 e. The standard InChI is InChI=1S/C26H33N3O2/c1-25(2,3)21-15-30-23(28-21)17-11-7-9-13-19(17)27-20-14-10-8-12-18(20)24-29-22(16-31-24)26(4,5)6/h7-14,21-22,27H,15-16H2,1-6H3/t21-,22-/m1/s1. The normalized spacial score (nSPS) is 21.2. The van der Waals surface area contributed by atoms with E-state index < -0.39 is 0 Å². The molecular weight excluding hydrogens is 386 g/mol. The first-order valence-corrected chi connectivity index (χ1v) is 11.0. The lowest BCUT2D eigenvalue weighted by atomic mass is 9.88. The molecule has 2 aromatic rings. The van der Waals surface area contributed by atoms with Crippen molar-refractivity contribution in [1.29, 1.82) is 0 Å². The first-order valence-electron chi connectivity index (χ1n) is 11.0. The number of rotatable bonds is 4. The Bertz CT molecular complexity index is 930. The van der Waals surface area contributed by atoms with E-state index in [-0.39, 0.29) is 22.9 Å². The van der Waals surface area contributed by atoms with Crippen LogP contribution in [0.4, 0.5) is 11.4 Å². The molecule has 5 nitrogen and oxygen atoms in total. The molecule has 4 rings (SSSR count). The minimum absolute atomic E-state index is 0.0677. The molecule has 2 heterocycles. The Balaban J connectivity index is 1.64. The van der Waals surface area contributed by atoms with Crippen LogP contribution in [0.15, 0.2) is 58.5 Å². The van der Waals surface area contributed by atoms with Crippen molar-refractivity contribution in [2.24, 2.45) is 20.8 Å². The van der Waals surface area contributed by atoms with Crippen LogP contribution in [0.5, 0.6) is 0 Å². The molecule has 0 aliphatic carbocycles. The lowest BCUT2D eigenvalue weighted by molar-refractivity contribution is 0.235. The topological polar surface area (TPSA) is 55.2 Å². The highest BCUT2D eigenvalue weighted by Crippen LogP contribution is 2.32. The molecule has 164 valence electrons. The molecule has 2 aliphatic heterocycles. The van der Waals surface area contributed by atoms with Gasteiger partial charge in [0, 0.05) is 0 Å². The fraction of sp³-hybridized carbons (Fsp3) is 0.462. The summed E-state index contributed by atoms with van der Waals surface area (Å²) in [5.41, 5.74) is 3.97. The van der Waals surface area contributed by atoms with Crippen LogP contribution >= 0.6 is 0 Å². The van der Waals surface area contributed by atoms with Gasteiger partial charge < -0.3 is 14.8 Å². The number of ether oxygens (including phenoxy) is 2. The quantitative estimate of drug-likeness (QED) is 0.680. The maximum atomic E-state index is 6.00. The van der Waals surface area contributed by atoms with Gasteiger partial charge in [0.25, 0.3) is 0 Å². The summed E-state index contributed by atoms with van der Waals surface area (Å²) in [6, 6.07) is 16.6. The van der Waals surface area contributed by atoms with Crippen LogP contribution in [0, 0.1) is 10.8 Å². The number of nitrogens with one attached hydrogen (secondary N) is 1. The van der Waals surface area contributed by atoms with Gasteiger partial charge in [-0.15, -0.1) is 0 Å². The minimum atomic E-state index is 0.0677. The number of hydrogen-bond donors (Lipinski definition) is 1. The number of anilines is 2. The maximum absolute atomic E-state index is 6.00. The van der Waals surface area contributed by atoms with Gasteiger partial charge in [0.05, 0.1) is 34.6 Å². The molecule has 2 atom stereocenters. The third-order valence-electron chi connectivity index (χ3n) is 5.89. The zero-order chi connectivity index (χ0) is 22.2. The molecule has 2 aromatic carbocycles. The molecule has 0 spiro atoms. The summed E-state index contributed by atoms with van der Waals surface area (Å²) in [6.45, 7) is 14.4. The Kier molecular flexibility index (Phi) is 5.54.